The van der Waals surface area contributed by atoms with Crippen molar-refractivity contribution in [3.8, 4) is 0 Å². The molecule has 2 aliphatic carbocycles. The second kappa shape index (κ2) is 5.66. The van der Waals surface area contributed by atoms with Crippen LogP contribution in [0.15, 0.2) is 41.0 Å². The molecule has 0 atom stereocenters. The first kappa shape index (κ1) is 13.3. The van der Waals surface area contributed by atoms with Crippen LogP contribution in [0.4, 0.5) is 0 Å². The van der Waals surface area contributed by atoms with E-state index in [0.29, 0.717) is 0 Å². The van der Waals surface area contributed by atoms with Crippen LogP contribution in [0, 0.1) is 0 Å². The molecule has 0 N–H and O–H groups in total. The molecule has 1 heteroatoms. The van der Waals surface area contributed by atoms with Crippen LogP contribution in [0.5, 0.6) is 0 Å². The zero-order valence-electron chi connectivity index (χ0n) is 11.5. The van der Waals surface area contributed by atoms with Gasteiger partial charge >= 0.3 is 118 Å². The molecular formula is C16H22Zr. The monoisotopic (exact) mass is 304 g/mol. The third-order valence-corrected chi connectivity index (χ3v) is 7.69. The molecule has 0 saturated heterocycles. The Morgan fingerprint density at radius 1 is 0.882 bits per heavy atom. The second-order valence-electron chi connectivity index (χ2n) is 4.99. The van der Waals surface area contributed by atoms with Gasteiger partial charge < -0.3 is 0 Å². The average Bonchev–Trinajstić information content (AvgIpc) is 2.83. The van der Waals surface area contributed by atoms with E-state index in [1.54, 1.807) is 28.9 Å². The summed E-state index contributed by atoms with van der Waals surface area (Å²) < 4.78 is 3.53. The molecule has 0 bridgehead atoms. The van der Waals surface area contributed by atoms with Crippen LogP contribution in [0.1, 0.15) is 53.4 Å². The van der Waals surface area contributed by atoms with Crippen molar-refractivity contribution in [2.75, 3.05) is 0 Å². The van der Waals surface area contributed by atoms with Crippen LogP contribution in [-0.4, -0.2) is 0 Å². The molecule has 0 fully saturated rings. The standard InChI is InChI=1S/2C8H11.Zr/c2*1-3-8-6-4-5-7(8)2;/h2*4H,3,5H2,1-2H3;. The number of rotatable bonds is 4. The van der Waals surface area contributed by atoms with Gasteiger partial charge in [-0.25, -0.2) is 0 Å². The van der Waals surface area contributed by atoms with Crippen LogP contribution in [0.2, 0.25) is 0 Å². The van der Waals surface area contributed by atoms with Crippen LogP contribution >= 0.6 is 0 Å². The Bertz CT molecular complexity index is 402. The number of hydrogen-bond acceptors (Lipinski definition) is 0. The molecule has 0 radical (unpaired) electrons. The summed E-state index contributed by atoms with van der Waals surface area (Å²) in [7, 11) is 0. The predicted molar refractivity (Wildman–Crippen MR) is 71.4 cm³/mol. The molecule has 0 spiro atoms. The molecule has 0 aromatic rings. The van der Waals surface area contributed by atoms with E-state index >= 15 is 0 Å². The van der Waals surface area contributed by atoms with Gasteiger partial charge in [0.15, 0.2) is 0 Å². The third kappa shape index (κ3) is 2.65. The van der Waals surface area contributed by atoms with E-state index in [2.05, 4.69) is 39.8 Å². The van der Waals surface area contributed by atoms with Crippen LogP contribution in [0.3, 0.4) is 0 Å². The van der Waals surface area contributed by atoms with E-state index < -0.39 is 23.2 Å². The van der Waals surface area contributed by atoms with Gasteiger partial charge in [0.25, 0.3) is 0 Å². The summed E-state index contributed by atoms with van der Waals surface area (Å²) in [4.78, 5) is 0. The molecule has 0 nitrogen and oxygen atoms in total. The summed E-state index contributed by atoms with van der Waals surface area (Å²) in [6, 6.07) is 0. The van der Waals surface area contributed by atoms with Gasteiger partial charge in [-0.05, 0) is 0 Å². The Morgan fingerprint density at radius 3 is 1.65 bits per heavy atom. The number of allylic oxidation sites excluding steroid dienone is 8. The maximum absolute atomic E-state index is 2.52. The molecule has 17 heavy (non-hydrogen) atoms. The van der Waals surface area contributed by atoms with Crippen molar-refractivity contribution < 1.29 is 23.2 Å². The van der Waals surface area contributed by atoms with Crippen molar-refractivity contribution in [2.24, 2.45) is 0 Å². The van der Waals surface area contributed by atoms with Crippen molar-refractivity contribution >= 4 is 0 Å². The Morgan fingerprint density at radius 2 is 1.29 bits per heavy atom. The summed E-state index contributed by atoms with van der Waals surface area (Å²) in [5.41, 5.74) is 6.64. The maximum atomic E-state index is 2.52. The molecule has 0 saturated carbocycles. The van der Waals surface area contributed by atoms with E-state index in [4.69, 9.17) is 0 Å². The summed E-state index contributed by atoms with van der Waals surface area (Å²) >= 11 is -0.518. The Hall–Kier alpha value is -0.157. The minimum atomic E-state index is -0.518. The van der Waals surface area contributed by atoms with E-state index in [1.807, 2.05) is 0 Å². The second-order valence-corrected chi connectivity index (χ2v) is 8.26. The molecule has 0 heterocycles. The first-order chi connectivity index (χ1) is 8.17. The Labute approximate surface area is 117 Å². The quantitative estimate of drug-likeness (QED) is 0.678. The molecular weight excluding hydrogens is 283 g/mol. The number of hydrogen-bond donors (Lipinski definition) is 0. The molecule has 0 unspecified atom stereocenters. The first-order valence-corrected chi connectivity index (χ1v) is 9.18. The summed E-state index contributed by atoms with van der Waals surface area (Å²) in [5, 5.41) is 0. The van der Waals surface area contributed by atoms with Crippen molar-refractivity contribution in [3.05, 3.63) is 41.0 Å². The van der Waals surface area contributed by atoms with Gasteiger partial charge in [0.05, 0.1) is 0 Å². The van der Waals surface area contributed by atoms with Crippen LogP contribution < -0.4 is 0 Å². The third-order valence-electron chi connectivity index (χ3n) is 3.88. The van der Waals surface area contributed by atoms with E-state index in [9.17, 15) is 0 Å². The fraction of sp³-hybridized carbons (Fsp3) is 0.500. The Kier molecular flexibility index (Phi) is 4.42. The summed E-state index contributed by atoms with van der Waals surface area (Å²) in [6.45, 7) is 9.24. The van der Waals surface area contributed by atoms with Gasteiger partial charge in [-0.2, -0.15) is 0 Å². The first-order valence-electron chi connectivity index (χ1n) is 6.72. The Balaban J connectivity index is 2.15. The normalized spacial score (nSPS) is 20.0. The van der Waals surface area contributed by atoms with Gasteiger partial charge in [0.1, 0.15) is 0 Å². The fourth-order valence-electron chi connectivity index (χ4n) is 2.85. The molecule has 0 aromatic heterocycles. The molecule has 0 aliphatic heterocycles. The van der Waals surface area contributed by atoms with Crippen LogP contribution in [-0.2, 0) is 23.2 Å². The van der Waals surface area contributed by atoms with Gasteiger partial charge in [-0.1, -0.05) is 0 Å². The topological polar surface area (TPSA) is 0 Å². The van der Waals surface area contributed by atoms with Crippen LogP contribution in [0.25, 0.3) is 0 Å². The van der Waals surface area contributed by atoms with E-state index in [1.165, 1.54) is 25.7 Å². The van der Waals surface area contributed by atoms with Crippen molar-refractivity contribution in [3.63, 3.8) is 0 Å². The molecule has 2 rings (SSSR count). The zero-order valence-corrected chi connectivity index (χ0v) is 13.9. The predicted octanol–water partition coefficient (Wildman–Crippen LogP) is 5.10. The van der Waals surface area contributed by atoms with Crippen molar-refractivity contribution in [2.45, 2.75) is 53.4 Å². The average molecular weight is 306 g/mol. The van der Waals surface area contributed by atoms with Gasteiger partial charge in [0, 0.05) is 0 Å². The molecule has 2 aliphatic rings. The van der Waals surface area contributed by atoms with E-state index in [0.717, 1.165) is 0 Å². The molecule has 0 aromatic carbocycles. The zero-order chi connectivity index (χ0) is 12.4. The fourth-order valence-corrected chi connectivity index (χ4v) is 7.22. The SMILES string of the molecule is CCC1=C(C)CC=[C]1[Zr][C]1=CCC(C)=C1CC. The van der Waals surface area contributed by atoms with E-state index in [-0.39, 0.29) is 0 Å². The molecule has 0 amide bonds. The van der Waals surface area contributed by atoms with Gasteiger partial charge in [-0.15, -0.1) is 0 Å². The van der Waals surface area contributed by atoms with Gasteiger partial charge in [-0.3, -0.25) is 0 Å². The van der Waals surface area contributed by atoms with Crippen molar-refractivity contribution in [1.82, 2.24) is 0 Å². The van der Waals surface area contributed by atoms with Gasteiger partial charge in [0.2, 0.25) is 0 Å². The van der Waals surface area contributed by atoms with Crippen molar-refractivity contribution in [1.29, 1.82) is 0 Å². The summed E-state index contributed by atoms with van der Waals surface area (Å²) in [6.07, 6.45) is 9.93. The summed E-state index contributed by atoms with van der Waals surface area (Å²) in [5.74, 6) is 0. The minimum absolute atomic E-state index is 0.518. The molecule has 90 valence electrons.